The SMILES string of the molecule is CC(C)(C)C(=O)c1cc(C#N)ccc1-n1nccn1. The number of rotatable bonds is 2. The Morgan fingerprint density at radius 1 is 1.26 bits per heavy atom. The first kappa shape index (κ1) is 13.0. The molecule has 2 aromatic rings. The fourth-order valence-electron chi connectivity index (χ4n) is 1.71. The van der Waals surface area contributed by atoms with Gasteiger partial charge in [0.2, 0.25) is 0 Å². The van der Waals surface area contributed by atoms with Crippen molar-refractivity contribution in [3.05, 3.63) is 41.7 Å². The number of carbonyl (C=O) groups is 1. The Hall–Kier alpha value is -2.48. The zero-order chi connectivity index (χ0) is 14.0. The van der Waals surface area contributed by atoms with Crippen LogP contribution in [0, 0.1) is 16.7 Å². The van der Waals surface area contributed by atoms with Crippen LogP contribution in [-0.2, 0) is 0 Å². The van der Waals surface area contributed by atoms with Gasteiger partial charge in [-0.05, 0) is 18.2 Å². The molecule has 1 aromatic heterocycles. The molecule has 0 fully saturated rings. The molecule has 0 N–H and O–H groups in total. The molecule has 0 aliphatic carbocycles. The molecule has 2 rings (SSSR count). The Kier molecular flexibility index (Phi) is 3.17. The van der Waals surface area contributed by atoms with E-state index in [1.807, 2.05) is 26.8 Å². The van der Waals surface area contributed by atoms with Crippen molar-refractivity contribution in [3.63, 3.8) is 0 Å². The van der Waals surface area contributed by atoms with Crippen molar-refractivity contribution in [1.29, 1.82) is 5.26 Å². The molecule has 0 radical (unpaired) electrons. The van der Waals surface area contributed by atoms with Crippen molar-refractivity contribution in [3.8, 4) is 11.8 Å². The van der Waals surface area contributed by atoms with E-state index in [-0.39, 0.29) is 5.78 Å². The van der Waals surface area contributed by atoms with Crippen molar-refractivity contribution in [2.24, 2.45) is 5.41 Å². The van der Waals surface area contributed by atoms with Gasteiger partial charge in [0.25, 0.3) is 0 Å². The third-order valence-corrected chi connectivity index (χ3v) is 2.69. The second kappa shape index (κ2) is 4.65. The highest BCUT2D eigenvalue weighted by atomic mass is 16.1. The van der Waals surface area contributed by atoms with Gasteiger partial charge in [-0.15, -0.1) is 0 Å². The molecule has 0 unspecified atom stereocenters. The van der Waals surface area contributed by atoms with E-state index in [4.69, 9.17) is 5.26 Å². The summed E-state index contributed by atoms with van der Waals surface area (Å²) in [5, 5.41) is 17.0. The van der Waals surface area contributed by atoms with Gasteiger partial charge < -0.3 is 0 Å². The van der Waals surface area contributed by atoms with Gasteiger partial charge in [0.05, 0.1) is 29.7 Å². The summed E-state index contributed by atoms with van der Waals surface area (Å²) in [6.45, 7) is 5.53. The highest BCUT2D eigenvalue weighted by Gasteiger charge is 2.26. The molecule has 0 saturated heterocycles. The molecule has 0 aliphatic rings. The minimum Gasteiger partial charge on any atom is -0.294 e. The van der Waals surface area contributed by atoms with Crippen LogP contribution in [0.1, 0.15) is 36.7 Å². The second-order valence-corrected chi connectivity index (χ2v) is 5.24. The molecule has 0 saturated carbocycles. The number of nitrogens with zero attached hydrogens (tertiary/aromatic N) is 4. The van der Waals surface area contributed by atoms with E-state index in [1.165, 1.54) is 4.80 Å². The first-order chi connectivity index (χ1) is 8.93. The summed E-state index contributed by atoms with van der Waals surface area (Å²) in [7, 11) is 0. The van der Waals surface area contributed by atoms with Crippen LogP contribution in [0.25, 0.3) is 5.69 Å². The largest absolute Gasteiger partial charge is 0.294 e. The molecule has 5 heteroatoms. The van der Waals surface area contributed by atoms with Crippen LogP contribution in [-0.4, -0.2) is 20.8 Å². The summed E-state index contributed by atoms with van der Waals surface area (Å²) in [4.78, 5) is 13.9. The molecule has 0 atom stereocenters. The van der Waals surface area contributed by atoms with E-state index < -0.39 is 5.41 Å². The van der Waals surface area contributed by atoms with Gasteiger partial charge in [0, 0.05) is 11.0 Å². The van der Waals surface area contributed by atoms with Crippen molar-refractivity contribution in [2.75, 3.05) is 0 Å². The highest BCUT2D eigenvalue weighted by Crippen LogP contribution is 2.25. The highest BCUT2D eigenvalue weighted by molar-refractivity contribution is 6.03. The van der Waals surface area contributed by atoms with Gasteiger partial charge in [-0.25, -0.2) is 0 Å². The van der Waals surface area contributed by atoms with Crippen LogP contribution in [0.4, 0.5) is 0 Å². The zero-order valence-electron chi connectivity index (χ0n) is 11.1. The maximum absolute atomic E-state index is 12.5. The third-order valence-electron chi connectivity index (χ3n) is 2.69. The first-order valence-corrected chi connectivity index (χ1v) is 5.89. The summed E-state index contributed by atoms with van der Waals surface area (Å²) in [5.74, 6) is -0.0445. The molecule has 1 aromatic carbocycles. The number of hydrogen-bond donors (Lipinski definition) is 0. The maximum Gasteiger partial charge on any atom is 0.170 e. The third kappa shape index (κ3) is 2.52. The van der Waals surface area contributed by atoms with Crippen LogP contribution in [0.2, 0.25) is 0 Å². The van der Waals surface area contributed by atoms with Crippen LogP contribution >= 0.6 is 0 Å². The molecule has 96 valence electrons. The fraction of sp³-hybridized carbons (Fsp3) is 0.286. The minimum absolute atomic E-state index is 0.0445. The standard InChI is InChI=1S/C14H14N4O/c1-14(2,3)13(19)11-8-10(9-15)4-5-12(11)18-16-6-7-17-18/h4-8H,1-3H3. The predicted molar refractivity (Wildman–Crippen MR) is 69.9 cm³/mol. The van der Waals surface area contributed by atoms with Gasteiger partial charge in [-0.1, -0.05) is 20.8 Å². The monoisotopic (exact) mass is 254 g/mol. The lowest BCUT2D eigenvalue weighted by Gasteiger charge is -2.18. The molecule has 1 heterocycles. The zero-order valence-corrected chi connectivity index (χ0v) is 11.1. The summed E-state index contributed by atoms with van der Waals surface area (Å²) in [6, 6.07) is 6.98. The average molecular weight is 254 g/mol. The number of aromatic nitrogens is 3. The number of Topliss-reactive ketones (excluding diaryl/α,β-unsaturated/α-hetero) is 1. The van der Waals surface area contributed by atoms with Crippen LogP contribution in [0.3, 0.4) is 0 Å². The first-order valence-electron chi connectivity index (χ1n) is 5.89. The predicted octanol–water partition coefficient (Wildman–Crippen LogP) is 2.37. The van der Waals surface area contributed by atoms with E-state index in [0.717, 1.165) is 0 Å². The van der Waals surface area contributed by atoms with E-state index >= 15 is 0 Å². The molecule has 0 amide bonds. The van der Waals surface area contributed by atoms with E-state index in [9.17, 15) is 4.79 Å². The fourth-order valence-corrected chi connectivity index (χ4v) is 1.71. The Bertz CT molecular complexity index is 645. The number of ketones is 1. The van der Waals surface area contributed by atoms with Crippen LogP contribution in [0.5, 0.6) is 0 Å². The summed E-state index contributed by atoms with van der Waals surface area (Å²) < 4.78 is 0. The van der Waals surface area contributed by atoms with Crippen molar-refractivity contribution >= 4 is 5.78 Å². The summed E-state index contributed by atoms with van der Waals surface area (Å²) in [6.07, 6.45) is 3.09. The van der Waals surface area contributed by atoms with Gasteiger partial charge in [0.15, 0.2) is 5.78 Å². The minimum atomic E-state index is -0.532. The molecule has 0 aliphatic heterocycles. The Morgan fingerprint density at radius 3 is 2.42 bits per heavy atom. The topological polar surface area (TPSA) is 71.6 Å². The van der Waals surface area contributed by atoms with Crippen molar-refractivity contribution in [1.82, 2.24) is 15.0 Å². The molecular weight excluding hydrogens is 240 g/mol. The van der Waals surface area contributed by atoms with Crippen LogP contribution < -0.4 is 0 Å². The smallest absolute Gasteiger partial charge is 0.170 e. The Balaban J connectivity index is 2.63. The van der Waals surface area contributed by atoms with E-state index in [2.05, 4.69) is 10.2 Å². The summed E-state index contributed by atoms with van der Waals surface area (Å²) >= 11 is 0. The Morgan fingerprint density at radius 2 is 1.89 bits per heavy atom. The number of nitriles is 1. The number of carbonyl (C=O) groups excluding carboxylic acids is 1. The number of hydrogen-bond acceptors (Lipinski definition) is 4. The lowest BCUT2D eigenvalue weighted by Crippen LogP contribution is -2.22. The van der Waals surface area contributed by atoms with E-state index in [1.54, 1.807) is 30.6 Å². The van der Waals surface area contributed by atoms with Gasteiger partial charge in [-0.3, -0.25) is 4.79 Å². The Labute approximate surface area is 111 Å². The van der Waals surface area contributed by atoms with E-state index in [0.29, 0.717) is 16.8 Å². The lowest BCUT2D eigenvalue weighted by molar-refractivity contribution is 0.0858. The molecule has 19 heavy (non-hydrogen) atoms. The maximum atomic E-state index is 12.5. The number of benzene rings is 1. The average Bonchev–Trinajstić information content (AvgIpc) is 2.89. The molecule has 0 spiro atoms. The van der Waals surface area contributed by atoms with Crippen molar-refractivity contribution in [2.45, 2.75) is 20.8 Å². The quantitative estimate of drug-likeness (QED) is 0.771. The second-order valence-electron chi connectivity index (χ2n) is 5.24. The normalized spacial score (nSPS) is 11.1. The molecular formula is C14H14N4O. The van der Waals surface area contributed by atoms with Crippen LogP contribution in [0.15, 0.2) is 30.6 Å². The van der Waals surface area contributed by atoms with Gasteiger partial charge in [0.1, 0.15) is 0 Å². The van der Waals surface area contributed by atoms with Gasteiger partial charge >= 0.3 is 0 Å². The molecule has 5 nitrogen and oxygen atoms in total. The van der Waals surface area contributed by atoms with Gasteiger partial charge in [-0.2, -0.15) is 20.3 Å². The van der Waals surface area contributed by atoms with Crippen molar-refractivity contribution < 1.29 is 4.79 Å². The molecule has 0 bridgehead atoms. The summed E-state index contributed by atoms with van der Waals surface area (Å²) in [5.41, 5.74) is 0.964. The lowest BCUT2D eigenvalue weighted by atomic mass is 9.85.